The molecule has 3 rings (SSSR count). The zero-order valence-corrected chi connectivity index (χ0v) is 11.4. The lowest BCUT2D eigenvalue weighted by Crippen LogP contribution is -2.42. The van der Waals surface area contributed by atoms with Crippen molar-refractivity contribution in [2.75, 3.05) is 19.8 Å². The number of halogens is 1. The molecule has 1 aromatic rings. The van der Waals surface area contributed by atoms with Gasteiger partial charge in [-0.05, 0) is 30.5 Å². The van der Waals surface area contributed by atoms with Crippen LogP contribution in [0.4, 0.5) is 4.39 Å². The van der Waals surface area contributed by atoms with Crippen molar-refractivity contribution >= 4 is 5.78 Å². The van der Waals surface area contributed by atoms with Gasteiger partial charge in [-0.15, -0.1) is 0 Å². The maximum Gasteiger partial charge on any atom is 0.140 e. The first-order valence-electron chi connectivity index (χ1n) is 7.16. The topological polar surface area (TPSA) is 35.5 Å². The van der Waals surface area contributed by atoms with Gasteiger partial charge in [0.25, 0.3) is 0 Å². The van der Waals surface area contributed by atoms with Crippen LogP contribution in [0.2, 0.25) is 0 Å². The fourth-order valence-electron chi connectivity index (χ4n) is 3.11. The Bertz CT molecular complexity index is 477. The number of Topliss-reactive ketones (excluding diaryl/α,β-unsaturated/α-hetero) is 1. The SMILES string of the molecule is O=C(Cc1ccc(F)cc1)C1CCOC2(CCOC2)C1. The summed E-state index contributed by atoms with van der Waals surface area (Å²) in [5, 5.41) is 0. The van der Waals surface area contributed by atoms with E-state index in [9.17, 15) is 9.18 Å². The van der Waals surface area contributed by atoms with E-state index in [1.165, 1.54) is 12.1 Å². The van der Waals surface area contributed by atoms with Crippen LogP contribution in [0.3, 0.4) is 0 Å². The predicted octanol–water partition coefficient (Wildman–Crippen LogP) is 2.52. The summed E-state index contributed by atoms with van der Waals surface area (Å²) in [5.41, 5.74) is 0.640. The molecule has 2 heterocycles. The largest absolute Gasteiger partial charge is 0.378 e. The number of hydrogen-bond donors (Lipinski definition) is 0. The van der Waals surface area contributed by atoms with E-state index in [0.717, 1.165) is 31.4 Å². The molecule has 1 aromatic carbocycles. The Balaban J connectivity index is 1.63. The Morgan fingerprint density at radius 3 is 2.80 bits per heavy atom. The van der Waals surface area contributed by atoms with Crippen LogP contribution < -0.4 is 0 Å². The molecule has 20 heavy (non-hydrogen) atoms. The molecule has 2 fully saturated rings. The molecule has 0 N–H and O–H groups in total. The summed E-state index contributed by atoms with van der Waals surface area (Å²) in [7, 11) is 0. The van der Waals surface area contributed by atoms with Crippen LogP contribution in [0.5, 0.6) is 0 Å². The number of ketones is 1. The molecular weight excluding hydrogens is 259 g/mol. The Kier molecular flexibility index (Phi) is 3.85. The highest BCUT2D eigenvalue weighted by molar-refractivity contribution is 5.83. The van der Waals surface area contributed by atoms with Gasteiger partial charge >= 0.3 is 0 Å². The van der Waals surface area contributed by atoms with Gasteiger partial charge in [-0.1, -0.05) is 12.1 Å². The van der Waals surface area contributed by atoms with Crippen molar-refractivity contribution in [1.82, 2.24) is 0 Å². The third kappa shape index (κ3) is 2.91. The number of hydrogen-bond acceptors (Lipinski definition) is 3. The average molecular weight is 278 g/mol. The second-order valence-electron chi connectivity index (χ2n) is 5.79. The highest BCUT2D eigenvalue weighted by Crippen LogP contribution is 2.36. The van der Waals surface area contributed by atoms with Crippen molar-refractivity contribution in [3.05, 3.63) is 35.6 Å². The van der Waals surface area contributed by atoms with Gasteiger partial charge in [0.1, 0.15) is 11.6 Å². The van der Waals surface area contributed by atoms with E-state index >= 15 is 0 Å². The summed E-state index contributed by atoms with van der Waals surface area (Å²) in [4.78, 5) is 12.4. The molecule has 108 valence electrons. The third-order valence-corrected chi connectivity index (χ3v) is 4.31. The van der Waals surface area contributed by atoms with Gasteiger partial charge in [0.2, 0.25) is 0 Å². The molecule has 2 unspecified atom stereocenters. The lowest BCUT2D eigenvalue weighted by Gasteiger charge is -2.36. The summed E-state index contributed by atoms with van der Waals surface area (Å²) in [6.07, 6.45) is 2.80. The van der Waals surface area contributed by atoms with E-state index in [1.807, 2.05) is 0 Å². The fraction of sp³-hybridized carbons (Fsp3) is 0.562. The molecule has 2 atom stereocenters. The van der Waals surface area contributed by atoms with Gasteiger partial charge < -0.3 is 9.47 Å². The molecule has 0 bridgehead atoms. The van der Waals surface area contributed by atoms with E-state index in [4.69, 9.17) is 9.47 Å². The van der Waals surface area contributed by atoms with Crippen LogP contribution in [-0.2, 0) is 20.7 Å². The molecule has 0 aliphatic carbocycles. The average Bonchev–Trinajstić information content (AvgIpc) is 2.89. The lowest BCUT2D eigenvalue weighted by atomic mass is 9.81. The normalized spacial score (nSPS) is 29.8. The first kappa shape index (κ1) is 13.7. The summed E-state index contributed by atoms with van der Waals surface area (Å²) in [6, 6.07) is 6.17. The fourth-order valence-corrected chi connectivity index (χ4v) is 3.11. The molecule has 2 aliphatic heterocycles. The van der Waals surface area contributed by atoms with Gasteiger partial charge in [-0.3, -0.25) is 4.79 Å². The standard InChI is InChI=1S/C16H19FO3/c17-14-3-1-12(2-4-14)9-15(18)13-5-7-20-16(10-13)6-8-19-11-16/h1-4,13H,5-11H2. The van der Waals surface area contributed by atoms with Crippen molar-refractivity contribution in [1.29, 1.82) is 0 Å². The van der Waals surface area contributed by atoms with Gasteiger partial charge in [0, 0.05) is 32.0 Å². The lowest BCUT2D eigenvalue weighted by molar-refractivity contribution is -0.136. The quantitative estimate of drug-likeness (QED) is 0.852. The number of benzene rings is 1. The van der Waals surface area contributed by atoms with E-state index < -0.39 is 0 Å². The maximum atomic E-state index is 12.9. The Morgan fingerprint density at radius 2 is 2.10 bits per heavy atom. The number of rotatable bonds is 3. The smallest absolute Gasteiger partial charge is 0.140 e. The van der Waals surface area contributed by atoms with Crippen molar-refractivity contribution in [3.63, 3.8) is 0 Å². The van der Waals surface area contributed by atoms with E-state index in [-0.39, 0.29) is 23.1 Å². The molecule has 4 heteroatoms. The zero-order valence-electron chi connectivity index (χ0n) is 11.4. The second-order valence-corrected chi connectivity index (χ2v) is 5.79. The number of ether oxygens (including phenoxy) is 2. The third-order valence-electron chi connectivity index (χ3n) is 4.31. The van der Waals surface area contributed by atoms with Crippen molar-refractivity contribution in [2.24, 2.45) is 5.92 Å². The molecule has 2 aliphatic rings. The summed E-state index contributed by atoms with van der Waals surface area (Å²) in [5.74, 6) is -0.00370. The van der Waals surface area contributed by atoms with E-state index in [2.05, 4.69) is 0 Å². The highest BCUT2D eigenvalue weighted by atomic mass is 19.1. The number of carbonyl (C=O) groups excluding carboxylic acids is 1. The minimum atomic E-state index is -0.269. The summed E-state index contributed by atoms with van der Waals surface area (Å²) < 4.78 is 24.1. The molecule has 0 aromatic heterocycles. The number of carbonyl (C=O) groups is 1. The first-order chi connectivity index (χ1) is 9.67. The van der Waals surface area contributed by atoms with Crippen LogP contribution in [0.15, 0.2) is 24.3 Å². The zero-order chi connectivity index (χ0) is 14.0. The Morgan fingerprint density at radius 1 is 1.30 bits per heavy atom. The molecule has 0 radical (unpaired) electrons. The molecule has 3 nitrogen and oxygen atoms in total. The van der Waals surface area contributed by atoms with Crippen molar-refractivity contribution in [3.8, 4) is 0 Å². The van der Waals surface area contributed by atoms with Crippen LogP contribution in [-0.4, -0.2) is 31.2 Å². The van der Waals surface area contributed by atoms with Crippen molar-refractivity contribution < 1.29 is 18.7 Å². The van der Waals surface area contributed by atoms with Crippen LogP contribution >= 0.6 is 0 Å². The Labute approximate surface area is 118 Å². The van der Waals surface area contributed by atoms with Gasteiger partial charge in [0.05, 0.1) is 12.2 Å². The molecular formula is C16H19FO3. The van der Waals surface area contributed by atoms with Crippen molar-refractivity contribution in [2.45, 2.75) is 31.3 Å². The highest BCUT2D eigenvalue weighted by Gasteiger charge is 2.42. The monoisotopic (exact) mass is 278 g/mol. The minimum absolute atomic E-state index is 0.0375. The van der Waals surface area contributed by atoms with Gasteiger partial charge in [-0.2, -0.15) is 0 Å². The first-order valence-corrected chi connectivity index (χ1v) is 7.16. The summed E-state index contributed by atoms with van der Waals surface area (Å²) >= 11 is 0. The Hall–Kier alpha value is -1.26. The van der Waals surface area contributed by atoms with E-state index in [1.54, 1.807) is 12.1 Å². The molecule has 2 saturated heterocycles. The molecule has 0 amide bonds. The predicted molar refractivity (Wildman–Crippen MR) is 72.0 cm³/mol. The maximum absolute atomic E-state index is 12.9. The van der Waals surface area contributed by atoms with Crippen LogP contribution in [0.1, 0.15) is 24.8 Å². The second kappa shape index (κ2) is 5.62. The van der Waals surface area contributed by atoms with Crippen LogP contribution in [0, 0.1) is 11.7 Å². The van der Waals surface area contributed by atoms with E-state index in [0.29, 0.717) is 19.6 Å². The van der Waals surface area contributed by atoms with Crippen LogP contribution in [0.25, 0.3) is 0 Å². The van der Waals surface area contributed by atoms with Gasteiger partial charge in [0.15, 0.2) is 0 Å². The minimum Gasteiger partial charge on any atom is -0.378 e. The van der Waals surface area contributed by atoms with Gasteiger partial charge in [-0.25, -0.2) is 4.39 Å². The molecule has 0 saturated carbocycles. The summed E-state index contributed by atoms with van der Waals surface area (Å²) in [6.45, 7) is 1.95. The molecule has 1 spiro atoms.